The number of fused-ring (bicyclic) bond motifs is 1. The second kappa shape index (κ2) is 7.88. The van der Waals surface area contributed by atoms with Crippen LogP contribution in [0.5, 0.6) is 0 Å². The summed E-state index contributed by atoms with van der Waals surface area (Å²) >= 11 is 5.46. The zero-order chi connectivity index (χ0) is 20.5. The highest BCUT2D eigenvalue weighted by Gasteiger charge is 2.19. The molecule has 2 aromatic heterocycles. The molecule has 0 bridgehead atoms. The zero-order valence-electron chi connectivity index (χ0n) is 16.5. The van der Waals surface area contributed by atoms with Crippen molar-refractivity contribution >= 4 is 12.2 Å². The van der Waals surface area contributed by atoms with Crippen molar-refractivity contribution in [2.24, 2.45) is 0 Å². The maximum absolute atomic E-state index is 12.2. The van der Waals surface area contributed by atoms with Gasteiger partial charge < -0.3 is 9.13 Å². The quantitative estimate of drug-likeness (QED) is 0.494. The molecule has 0 spiro atoms. The molecule has 0 fully saturated rings. The van der Waals surface area contributed by atoms with Crippen molar-refractivity contribution in [3.05, 3.63) is 105 Å². The van der Waals surface area contributed by atoms with Gasteiger partial charge in [0.2, 0.25) is 0 Å². The van der Waals surface area contributed by atoms with Crippen molar-refractivity contribution in [3.63, 3.8) is 0 Å². The summed E-state index contributed by atoms with van der Waals surface area (Å²) in [4.78, 5) is 19.6. The zero-order valence-corrected chi connectivity index (χ0v) is 17.4. The summed E-state index contributed by atoms with van der Waals surface area (Å²) in [5.41, 5.74) is 5.53. The summed E-state index contributed by atoms with van der Waals surface area (Å²) < 4.78 is 4.66. The molecule has 0 amide bonds. The Kier molecular flexibility index (Phi) is 4.93. The topological polar surface area (TPSA) is 55.6 Å². The molecule has 0 radical (unpaired) electrons. The van der Waals surface area contributed by atoms with Gasteiger partial charge in [-0.05, 0) is 48.2 Å². The molecule has 5 nitrogen and oxygen atoms in total. The van der Waals surface area contributed by atoms with Crippen LogP contribution in [-0.2, 0) is 25.9 Å². The van der Waals surface area contributed by atoms with Crippen LogP contribution in [0, 0.1) is 4.77 Å². The van der Waals surface area contributed by atoms with E-state index in [9.17, 15) is 4.79 Å². The summed E-state index contributed by atoms with van der Waals surface area (Å²) in [7, 11) is 0. The van der Waals surface area contributed by atoms with E-state index in [4.69, 9.17) is 12.2 Å². The van der Waals surface area contributed by atoms with E-state index in [1.807, 2.05) is 23.0 Å². The fourth-order valence-corrected chi connectivity index (χ4v) is 4.47. The van der Waals surface area contributed by atoms with E-state index >= 15 is 0 Å². The van der Waals surface area contributed by atoms with Crippen LogP contribution in [0.4, 0.5) is 0 Å². The Morgan fingerprint density at radius 3 is 2.53 bits per heavy atom. The number of hydrogen-bond donors (Lipinski definition) is 1. The molecular formula is C24H22N4OS. The first kappa shape index (κ1) is 18.8. The molecule has 6 heteroatoms. The lowest BCUT2D eigenvalue weighted by Gasteiger charge is -2.14. The van der Waals surface area contributed by atoms with Gasteiger partial charge in [0.1, 0.15) is 5.82 Å². The first-order valence-electron chi connectivity index (χ1n) is 10.2. The standard InChI is InChI=1S/C24H22N4OS/c29-23-20-7-4-8-21(20)28(24(30)26-23)16-22-25-13-14-27(22)15-17-9-11-19(12-10-17)18-5-2-1-3-6-18/h1-3,5-6,9-14H,4,7-8,15-16H2,(H,26,29,30). The Morgan fingerprint density at radius 1 is 0.967 bits per heavy atom. The van der Waals surface area contributed by atoms with Gasteiger partial charge >= 0.3 is 0 Å². The third-order valence-corrected chi connectivity index (χ3v) is 6.09. The molecule has 1 N–H and O–H groups in total. The van der Waals surface area contributed by atoms with Gasteiger partial charge in [-0.1, -0.05) is 54.6 Å². The third kappa shape index (κ3) is 3.55. The number of rotatable bonds is 5. The Morgan fingerprint density at radius 2 is 1.73 bits per heavy atom. The monoisotopic (exact) mass is 414 g/mol. The first-order valence-corrected chi connectivity index (χ1v) is 10.6. The van der Waals surface area contributed by atoms with Crippen molar-refractivity contribution in [1.82, 2.24) is 19.1 Å². The smallest absolute Gasteiger partial charge is 0.255 e. The highest BCUT2D eigenvalue weighted by atomic mass is 32.1. The van der Waals surface area contributed by atoms with Crippen LogP contribution in [0.2, 0.25) is 0 Å². The summed E-state index contributed by atoms with van der Waals surface area (Å²) in [6.45, 7) is 1.30. The van der Waals surface area contributed by atoms with Crippen LogP contribution < -0.4 is 5.56 Å². The second-order valence-corrected chi connectivity index (χ2v) is 8.05. The number of nitrogens with one attached hydrogen (secondary N) is 1. The minimum absolute atomic E-state index is 0.0365. The maximum Gasteiger partial charge on any atom is 0.255 e. The van der Waals surface area contributed by atoms with Gasteiger partial charge in [0.25, 0.3) is 5.56 Å². The Bertz CT molecular complexity index is 1300. The molecule has 30 heavy (non-hydrogen) atoms. The van der Waals surface area contributed by atoms with E-state index in [0.29, 0.717) is 11.3 Å². The highest BCUT2D eigenvalue weighted by Crippen LogP contribution is 2.21. The largest absolute Gasteiger partial charge is 0.329 e. The predicted molar refractivity (Wildman–Crippen MR) is 120 cm³/mol. The van der Waals surface area contributed by atoms with Crippen molar-refractivity contribution < 1.29 is 0 Å². The molecule has 0 saturated heterocycles. The van der Waals surface area contributed by atoms with Gasteiger partial charge in [0, 0.05) is 30.2 Å². The molecule has 0 saturated carbocycles. The van der Waals surface area contributed by atoms with E-state index in [2.05, 4.69) is 63.1 Å². The van der Waals surface area contributed by atoms with Crippen LogP contribution in [0.1, 0.15) is 29.1 Å². The van der Waals surface area contributed by atoms with Gasteiger partial charge in [-0.15, -0.1) is 0 Å². The molecular weight excluding hydrogens is 392 g/mol. The van der Waals surface area contributed by atoms with Crippen molar-refractivity contribution in [2.45, 2.75) is 32.4 Å². The number of H-pyrrole nitrogens is 1. The second-order valence-electron chi connectivity index (χ2n) is 7.66. The average molecular weight is 415 g/mol. The summed E-state index contributed by atoms with van der Waals surface area (Å²) in [6, 6.07) is 19.0. The molecule has 0 aliphatic heterocycles. The van der Waals surface area contributed by atoms with Crippen molar-refractivity contribution in [3.8, 4) is 11.1 Å². The summed E-state index contributed by atoms with van der Waals surface area (Å²) in [6.07, 6.45) is 6.53. The van der Waals surface area contributed by atoms with Gasteiger partial charge in [0.15, 0.2) is 4.77 Å². The lowest BCUT2D eigenvalue weighted by atomic mass is 10.0. The molecule has 0 unspecified atom stereocenters. The van der Waals surface area contributed by atoms with Gasteiger partial charge in [-0.3, -0.25) is 9.78 Å². The number of benzene rings is 2. The van der Waals surface area contributed by atoms with Gasteiger partial charge in [-0.2, -0.15) is 0 Å². The Labute approximate surface area is 179 Å². The van der Waals surface area contributed by atoms with Crippen molar-refractivity contribution in [2.75, 3.05) is 0 Å². The van der Waals surface area contributed by atoms with Crippen LogP contribution in [0.3, 0.4) is 0 Å². The molecule has 1 aliphatic carbocycles. The fraction of sp³-hybridized carbons (Fsp3) is 0.208. The third-order valence-electron chi connectivity index (χ3n) is 5.77. The number of nitrogens with zero attached hydrogens (tertiary/aromatic N) is 3. The molecule has 5 rings (SSSR count). The maximum atomic E-state index is 12.2. The molecule has 150 valence electrons. The van der Waals surface area contributed by atoms with E-state index in [1.54, 1.807) is 0 Å². The Hall–Kier alpha value is -3.25. The average Bonchev–Trinajstić information content (AvgIpc) is 3.42. The summed E-state index contributed by atoms with van der Waals surface area (Å²) in [5.74, 6) is 0.930. The SMILES string of the molecule is O=c1[nH]c(=S)n(Cc2nccn2Cc2ccc(-c3ccccc3)cc2)c2c1CCC2. The Balaban J connectivity index is 1.40. The molecule has 1 aliphatic rings. The normalized spacial score (nSPS) is 12.8. The van der Waals surface area contributed by atoms with Crippen LogP contribution in [0.15, 0.2) is 71.8 Å². The molecule has 2 aromatic carbocycles. The number of hydrogen-bond acceptors (Lipinski definition) is 3. The van der Waals surface area contributed by atoms with E-state index in [-0.39, 0.29) is 5.56 Å². The lowest BCUT2D eigenvalue weighted by Crippen LogP contribution is -2.21. The molecule has 4 aromatic rings. The van der Waals surface area contributed by atoms with E-state index in [1.165, 1.54) is 16.7 Å². The minimum atomic E-state index is -0.0365. The lowest BCUT2D eigenvalue weighted by molar-refractivity contribution is 0.626. The number of aromatic nitrogens is 4. The molecule has 0 atom stereocenters. The van der Waals surface area contributed by atoms with Crippen LogP contribution >= 0.6 is 12.2 Å². The van der Waals surface area contributed by atoms with E-state index in [0.717, 1.165) is 42.9 Å². The van der Waals surface area contributed by atoms with E-state index < -0.39 is 0 Å². The predicted octanol–water partition coefficient (Wildman–Crippen LogP) is 4.35. The summed E-state index contributed by atoms with van der Waals surface area (Å²) in [5, 5.41) is 0. The minimum Gasteiger partial charge on any atom is -0.329 e. The number of imidazole rings is 1. The first-order chi connectivity index (χ1) is 14.7. The van der Waals surface area contributed by atoms with Gasteiger partial charge in [-0.25, -0.2) is 4.98 Å². The molecule has 2 heterocycles. The van der Waals surface area contributed by atoms with Crippen molar-refractivity contribution in [1.29, 1.82) is 0 Å². The highest BCUT2D eigenvalue weighted by molar-refractivity contribution is 7.71. The van der Waals surface area contributed by atoms with Crippen LogP contribution in [-0.4, -0.2) is 19.1 Å². The number of aromatic amines is 1. The van der Waals surface area contributed by atoms with Gasteiger partial charge in [0.05, 0.1) is 6.54 Å². The van der Waals surface area contributed by atoms with Crippen LogP contribution in [0.25, 0.3) is 11.1 Å². The fourth-order valence-electron chi connectivity index (χ4n) is 4.21.